The van der Waals surface area contributed by atoms with E-state index in [-0.39, 0.29) is 35.0 Å². The molecule has 236 valence electrons. The molecule has 4 aromatic carbocycles. The lowest BCUT2D eigenvalue weighted by Gasteiger charge is -2.34. The molecule has 0 aliphatic carbocycles. The van der Waals surface area contributed by atoms with Crippen LogP contribution in [-0.2, 0) is 32.6 Å². The number of sulfonamides is 1. The zero-order valence-electron chi connectivity index (χ0n) is 25.5. The highest BCUT2D eigenvalue weighted by atomic mass is 35.5. The molecule has 45 heavy (non-hydrogen) atoms. The summed E-state index contributed by atoms with van der Waals surface area (Å²) in [5, 5.41) is 3.28. The Labute approximate surface area is 269 Å². The second-order valence-electron chi connectivity index (χ2n) is 11.3. The lowest BCUT2D eigenvalue weighted by atomic mass is 10.0. The first-order valence-electron chi connectivity index (χ1n) is 14.6. The van der Waals surface area contributed by atoms with Gasteiger partial charge >= 0.3 is 0 Å². The molecule has 1 N–H and O–H groups in total. The van der Waals surface area contributed by atoms with Crippen LogP contribution in [-0.4, -0.2) is 44.3 Å². The minimum Gasteiger partial charge on any atom is -0.354 e. The number of carbonyl (C=O) groups is 2. The van der Waals surface area contributed by atoms with Crippen molar-refractivity contribution in [1.82, 2.24) is 10.2 Å². The van der Waals surface area contributed by atoms with E-state index >= 15 is 4.39 Å². The molecule has 0 fully saturated rings. The van der Waals surface area contributed by atoms with Crippen molar-refractivity contribution < 1.29 is 22.4 Å². The van der Waals surface area contributed by atoms with Crippen LogP contribution in [0.3, 0.4) is 0 Å². The number of amides is 2. The SMILES string of the molecule is Cc1ccc(N(CC(=O)N(Cc2ccccc2F)[C@H](Cc2ccccc2)C(=O)NCC(C)C)S(=O)(=O)c2ccc(Cl)cc2)cc1. The predicted octanol–water partition coefficient (Wildman–Crippen LogP) is 6.40. The fourth-order valence-electron chi connectivity index (χ4n) is 4.76. The molecule has 0 spiro atoms. The van der Waals surface area contributed by atoms with Gasteiger partial charge in [0.15, 0.2) is 0 Å². The van der Waals surface area contributed by atoms with Crippen LogP contribution in [0.25, 0.3) is 0 Å². The van der Waals surface area contributed by atoms with Crippen molar-refractivity contribution in [2.75, 3.05) is 17.4 Å². The van der Waals surface area contributed by atoms with Crippen molar-refractivity contribution >= 4 is 39.1 Å². The monoisotopic (exact) mass is 649 g/mol. The van der Waals surface area contributed by atoms with Crippen LogP contribution in [0, 0.1) is 18.7 Å². The molecule has 4 aromatic rings. The van der Waals surface area contributed by atoms with Crippen molar-refractivity contribution in [3.63, 3.8) is 0 Å². The van der Waals surface area contributed by atoms with Gasteiger partial charge in [0.2, 0.25) is 11.8 Å². The molecule has 0 saturated carbocycles. The van der Waals surface area contributed by atoms with E-state index in [9.17, 15) is 18.0 Å². The maximum Gasteiger partial charge on any atom is 0.264 e. The molecular formula is C35H37ClFN3O4S. The number of nitrogens with one attached hydrogen (secondary N) is 1. The molecule has 0 heterocycles. The zero-order chi connectivity index (χ0) is 32.6. The fraction of sp³-hybridized carbons (Fsp3) is 0.257. The molecule has 0 aliphatic rings. The number of hydrogen-bond acceptors (Lipinski definition) is 4. The fourth-order valence-corrected chi connectivity index (χ4v) is 6.30. The van der Waals surface area contributed by atoms with Crippen LogP contribution >= 0.6 is 11.6 Å². The van der Waals surface area contributed by atoms with Crippen LogP contribution in [0.2, 0.25) is 5.02 Å². The van der Waals surface area contributed by atoms with Gasteiger partial charge in [-0.3, -0.25) is 13.9 Å². The Hall–Kier alpha value is -4.21. The second kappa shape index (κ2) is 15.2. The summed E-state index contributed by atoms with van der Waals surface area (Å²) in [6, 6.07) is 26.6. The van der Waals surface area contributed by atoms with Crippen molar-refractivity contribution in [1.29, 1.82) is 0 Å². The molecule has 1 atom stereocenters. The second-order valence-corrected chi connectivity index (χ2v) is 13.6. The minimum absolute atomic E-state index is 0.0589. The van der Waals surface area contributed by atoms with E-state index in [0.29, 0.717) is 11.6 Å². The van der Waals surface area contributed by atoms with E-state index in [4.69, 9.17) is 11.6 Å². The summed E-state index contributed by atoms with van der Waals surface area (Å²) in [6.45, 7) is 5.26. The Morgan fingerprint density at radius 1 is 0.867 bits per heavy atom. The molecule has 4 rings (SSSR count). The number of nitrogens with zero attached hydrogens (tertiary/aromatic N) is 2. The third kappa shape index (κ3) is 8.93. The van der Waals surface area contributed by atoms with Crippen LogP contribution in [0.5, 0.6) is 0 Å². The lowest BCUT2D eigenvalue weighted by molar-refractivity contribution is -0.140. The van der Waals surface area contributed by atoms with E-state index < -0.39 is 40.2 Å². The maximum absolute atomic E-state index is 15.0. The van der Waals surface area contributed by atoms with E-state index in [2.05, 4.69) is 5.32 Å². The first kappa shape index (κ1) is 33.7. The third-order valence-corrected chi connectivity index (χ3v) is 9.30. The number of hydrogen-bond donors (Lipinski definition) is 1. The van der Waals surface area contributed by atoms with Gasteiger partial charge in [0.1, 0.15) is 18.4 Å². The standard InChI is InChI=1S/C35H37ClFN3O4S/c1-25(2)22-38-35(42)33(21-27-9-5-4-6-10-27)39(23-28-11-7-8-12-32(28)37)34(41)24-40(30-17-13-26(3)14-18-30)45(43,44)31-19-15-29(36)16-20-31/h4-20,25,33H,21-24H2,1-3H3,(H,38,42)/t33-/m1/s1. The number of carbonyl (C=O) groups excluding carboxylic acids is 2. The van der Waals surface area contributed by atoms with Crippen molar-refractivity contribution in [2.45, 2.75) is 44.7 Å². The molecule has 0 aliphatic heterocycles. The molecular weight excluding hydrogens is 613 g/mol. The summed E-state index contributed by atoms with van der Waals surface area (Å²) in [5.74, 6) is -1.49. The highest BCUT2D eigenvalue weighted by Crippen LogP contribution is 2.26. The largest absolute Gasteiger partial charge is 0.354 e. The van der Waals surface area contributed by atoms with Gasteiger partial charge in [0, 0.05) is 30.1 Å². The van der Waals surface area contributed by atoms with Crippen LogP contribution in [0.1, 0.15) is 30.5 Å². The van der Waals surface area contributed by atoms with Crippen molar-refractivity contribution in [2.24, 2.45) is 5.92 Å². The van der Waals surface area contributed by atoms with Crippen LogP contribution in [0.4, 0.5) is 10.1 Å². The van der Waals surface area contributed by atoms with Crippen LogP contribution in [0.15, 0.2) is 108 Å². The first-order valence-corrected chi connectivity index (χ1v) is 16.5. The summed E-state index contributed by atoms with van der Waals surface area (Å²) in [5.41, 5.74) is 2.15. The average Bonchev–Trinajstić information content (AvgIpc) is 3.02. The van der Waals surface area contributed by atoms with Crippen molar-refractivity contribution in [3.05, 3.63) is 131 Å². The van der Waals surface area contributed by atoms with Gasteiger partial charge in [-0.1, -0.05) is 91.7 Å². The number of benzene rings is 4. The molecule has 2 amide bonds. The summed E-state index contributed by atoms with van der Waals surface area (Å²) in [6.07, 6.45) is 0.138. The highest BCUT2D eigenvalue weighted by Gasteiger charge is 2.35. The normalized spacial score (nSPS) is 12.0. The summed E-state index contributed by atoms with van der Waals surface area (Å²) < 4.78 is 44.1. The maximum atomic E-state index is 15.0. The van der Waals surface area contributed by atoms with Gasteiger partial charge < -0.3 is 10.2 Å². The zero-order valence-corrected chi connectivity index (χ0v) is 27.1. The number of halogens is 2. The summed E-state index contributed by atoms with van der Waals surface area (Å²) >= 11 is 6.03. The minimum atomic E-state index is -4.27. The van der Waals surface area contributed by atoms with E-state index in [0.717, 1.165) is 15.4 Å². The van der Waals surface area contributed by atoms with Gasteiger partial charge in [0.25, 0.3) is 10.0 Å². The number of rotatable bonds is 13. The third-order valence-electron chi connectivity index (χ3n) is 7.26. The summed E-state index contributed by atoms with van der Waals surface area (Å²) in [7, 11) is -4.27. The Morgan fingerprint density at radius 2 is 1.49 bits per heavy atom. The molecule has 0 saturated heterocycles. The quantitative estimate of drug-likeness (QED) is 0.182. The molecule has 0 aromatic heterocycles. The number of anilines is 1. The topological polar surface area (TPSA) is 86.8 Å². The molecule has 0 bridgehead atoms. The smallest absolute Gasteiger partial charge is 0.264 e. The highest BCUT2D eigenvalue weighted by molar-refractivity contribution is 7.92. The Balaban J connectivity index is 1.80. The Morgan fingerprint density at radius 3 is 2.11 bits per heavy atom. The first-order chi connectivity index (χ1) is 21.5. The van der Waals surface area contributed by atoms with Crippen molar-refractivity contribution in [3.8, 4) is 0 Å². The van der Waals surface area contributed by atoms with Crippen LogP contribution < -0.4 is 9.62 Å². The van der Waals surface area contributed by atoms with E-state index in [1.165, 1.54) is 35.2 Å². The Kier molecular flexibility index (Phi) is 11.4. The number of aryl methyl sites for hydroxylation is 1. The molecule has 0 unspecified atom stereocenters. The Bertz CT molecular complexity index is 1700. The van der Waals surface area contributed by atoms with Gasteiger partial charge in [-0.15, -0.1) is 0 Å². The average molecular weight is 650 g/mol. The lowest BCUT2D eigenvalue weighted by Crippen LogP contribution is -2.53. The van der Waals surface area contributed by atoms with Gasteiger partial charge in [-0.25, -0.2) is 12.8 Å². The van der Waals surface area contributed by atoms with E-state index in [1.54, 1.807) is 42.5 Å². The van der Waals surface area contributed by atoms with E-state index in [1.807, 2.05) is 51.1 Å². The summed E-state index contributed by atoms with van der Waals surface area (Å²) in [4.78, 5) is 29.4. The predicted molar refractivity (Wildman–Crippen MR) is 176 cm³/mol. The molecule has 7 nitrogen and oxygen atoms in total. The van der Waals surface area contributed by atoms with Gasteiger partial charge in [0.05, 0.1) is 10.6 Å². The van der Waals surface area contributed by atoms with Gasteiger partial charge in [-0.05, 0) is 60.9 Å². The molecule has 0 radical (unpaired) electrons. The van der Waals surface area contributed by atoms with Gasteiger partial charge in [-0.2, -0.15) is 0 Å². The molecule has 10 heteroatoms.